The van der Waals surface area contributed by atoms with E-state index in [2.05, 4.69) is 26.4 Å². The molecule has 0 saturated carbocycles. The van der Waals surface area contributed by atoms with E-state index in [1.165, 1.54) is 18.9 Å². The van der Waals surface area contributed by atoms with Gasteiger partial charge in [-0.1, -0.05) is 25.7 Å². The summed E-state index contributed by atoms with van der Waals surface area (Å²) in [6, 6.07) is 1.46. The Morgan fingerprint density at radius 2 is 1.28 bits per heavy atom. The number of unbranched alkanes of at least 4 members (excludes halogenated alkanes) is 1. The van der Waals surface area contributed by atoms with Crippen molar-refractivity contribution in [2.75, 3.05) is 13.6 Å². The van der Waals surface area contributed by atoms with Crippen molar-refractivity contribution in [2.45, 2.75) is 38.5 Å². The van der Waals surface area contributed by atoms with Gasteiger partial charge in [0.15, 0.2) is 0 Å². The van der Waals surface area contributed by atoms with Crippen LogP contribution in [0.4, 0.5) is 0 Å². The van der Waals surface area contributed by atoms with Crippen LogP contribution in [0.5, 0.6) is 0 Å². The van der Waals surface area contributed by atoms with E-state index in [0.29, 0.717) is 0 Å². The zero-order chi connectivity index (χ0) is 15.3. The first kappa shape index (κ1) is 22.7. The van der Waals surface area contributed by atoms with Crippen molar-refractivity contribution in [2.24, 2.45) is 0 Å². The second kappa shape index (κ2) is 7.14. The van der Waals surface area contributed by atoms with Gasteiger partial charge in [-0.15, -0.1) is 0 Å². The maximum atomic E-state index is 5.06. The van der Waals surface area contributed by atoms with Gasteiger partial charge < -0.3 is 0 Å². The van der Waals surface area contributed by atoms with E-state index >= 15 is 0 Å². The van der Waals surface area contributed by atoms with Gasteiger partial charge >= 0.3 is 62.1 Å². The van der Waals surface area contributed by atoms with E-state index in [1.54, 1.807) is 0 Å². The Bertz CT molecular complexity index is 266. The van der Waals surface area contributed by atoms with E-state index < -0.39 is 17.2 Å². The Morgan fingerprint density at radius 3 is 1.50 bits per heavy atom. The molecule has 1 nitrogen and oxygen atoms in total. The van der Waals surface area contributed by atoms with Crippen LogP contribution in [0.3, 0.4) is 0 Å². The number of nitrogens with zero attached hydrogens (tertiary/aromatic N) is 1. The summed E-state index contributed by atoms with van der Waals surface area (Å²) in [5.41, 5.74) is 0. The van der Waals surface area contributed by atoms with E-state index in [0.717, 1.165) is 6.54 Å². The Kier molecular flexibility index (Phi) is 9.01. The topological polar surface area (TPSA) is 3.01 Å². The fraction of sp³-hybridized carbons (Fsp3) is 0.889. The van der Waals surface area contributed by atoms with Gasteiger partial charge in [0, 0.05) is 14.5 Å². The summed E-state index contributed by atoms with van der Waals surface area (Å²) < 4.78 is 2.02. The van der Waals surface area contributed by atoms with Crippen LogP contribution in [-0.4, -0.2) is 42.1 Å². The van der Waals surface area contributed by atoms with Gasteiger partial charge in [0.2, 0.25) is 0 Å². The van der Waals surface area contributed by atoms with Gasteiger partial charge in [0.1, 0.15) is 20.3 Å². The molecule has 0 radical (unpaired) electrons. The van der Waals surface area contributed by atoms with Crippen LogP contribution < -0.4 is 0 Å². The van der Waals surface area contributed by atoms with Crippen LogP contribution in [0.1, 0.15) is 12.8 Å². The first-order chi connectivity index (χ1) is 7.37. The maximum absolute atomic E-state index is 5.42. The number of halogens is 6. The molecule has 18 heavy (non-hydrogen) atoms. The molecule has 0 aliphatic carbocycles. The third-order valence-electron chi connectivity index (χ3n) is 1.72. The van der Waals surface area contributed by atoms with Gasteiger partial charge in [-0.3, -0.25) is 0 Å². The third-order valence-corrected chi connectivity index (χ3v) is 3.57. The molecule has 0 aliphatic heterocycles. The molecule has 0 aromatic rings. The van der Waals surface area contributed by atoms with Crippen LogP contribution >= 0.6 is 53.0 Å². The van der Waals surface area contributed by atoms with Crippen LogP contribution in [0.15, 0.2) is 0 Å². The van der Waals surface area contributed by atoms with Crippen molar-refractivity contribution in [3.8, 4) is 0 Å². The standard InChI is InChI=1S/C9H22NSi.6ClH.Sb/c1-10(2)8-6-7-9-11(3,4)5;;;;;;;/h1,6-9H2,2-5H3;6*1H;/q+1;;;;;;;+5/p-6. The van der Waals surface area contributed by atoms with Crippen molar-refractivity contribution in [1.82, 2.24) is 0 Å². The van der Waals surface area contributed by atoms with Crippen LogP contribution in [0.25, 0.3) is 0 Å². The Balaban J connectivity index is 0. The SMILES string of the molecule is C=[N+](C)CCCC[Si](C)(C)C.[Cl][Sb-]([Cl])([Cl])([Cl])([Cl])[Cl]. The van der Waals surface area contributed by atoms with Crippen LogP contribution in [0, 0.1) is 0 Å². The molecule has 0 unspecified atom stereocenters. The fourth-order valence-corrected chi connectivity index (χ4v) is 2.35. The van der Waals surface area contributed by atoms with E-state index in [-0.39, 0.29) is 0 Å². The molecular weight excluding hydrogens is 485 g/mol. The molecular formula is C9H22Cl6NSbSi. The summed E-state index contributed by atoms with van der Waals surface area (Å²) in [4.78, 5) is 0. The summed E-state index contributed by atoms with van der Waals surface area (Å²) in [5.74, 6) is 0. The predicted molar refractivity (Wildman–Crippen MR) is 96.4 cm³/mol. The fourth-order valence-electron chi connectivity index (χ4n) is 1.04. The summed E-state index contributed by atoms with van der Waals surface area (Å²) in [5, 5.41) is 0. The molecule has 9 heteroatoms. The molecule has 0 bridgehead atoms. The van der Waals surface area contributed by atoms with Crippen LogP contribution in [0.2, 0.25) is 25.7 Å². The van der Waals surface area contributed by atoms with Crippen molar-refractivity contribution in [3.05, 3.63) is 0 Å². The van der Waals surface area contributed by atoms with Crippen molar-refractivity contribution in [1.29, 1.82) is 0 Å². The molecule has 0 heterocycles. The molecule has 0 atom stereocenters. The quantitative estimate of drug-likeness (QED) is 0.181. The minimum atomic E-state index is -5.42. The zero-order valence-electron chi connectivity index (χ0n) is 11.2. The third kappa shape index (κ3) is 51.5. The van der Waals surface area contributed by atoms with Gasteiger partial charge in [-0.2, -0.15) is 0 Å². The molecule has 0 aliphatic rings. The van der Waals surface area contributed by atoms with E-state index in [4.69, 9.17) is 53.0 Å². The summed E-state index contributed by atoms with van der Waals surface area (Å²) in [6.07, 6.45) is 2.69. The van der Waals surface area contributed by atoms with E-state index in [9.17, 15) is 0 Å². The van der Waals surface area contributed by atoms with Crippen molar-refractivity contribution >= 4 is 76.9 Å². The first-order valence-corrected chi connectivity index (χ1v) is 28.6. The molecule has 0 amide bonds. The normalized spacial score (nSPS) is 16.1. The average Bonchev–Trinajstić information content (AvgIpc) is 1.89. The van der Waals surface area contributed by atoms with Gasteiger partial charge in [-0.05, 0) is 6.42 Å². The van der Waals surface area contributed by atoms with Gasteiger partial charge in [-0.25, -0.2) is 4.58 Å². The number of hydrogen-bond acceptors (Lipinski definition) is 0. The number of hydrogen-bond donors (Lipinski definition) is 0. The molecule has 0 fully saturated rings. The second-order valence-corrected chi connectivity index (χ2v) is 68.1. The van der Waals surface area contributed by atoms with Crippen molar-refractivity contribution < 1.29 is 4.58 Å². The summed E-state index contributed by atoms with van der Waals surface area (Å²) in [6.45, 7) is 12.3. The Hall–Kier alpha value is 2.45. The summed E-state index contributed by atoms with van der Waals surface area (Å²) >= 11 is 0. The predicted octanol–water partition coefficient (Wildman–Crippen LogP) is 6.20. The first-order valence-electron chi connectivity index (χ1n) is 5.45. The monoisotopic (exact) mass is 503 g/mol. The zero-order valence-corrected chi connectivity index (χ0v) is 19.3. The second-order valence-electron chi connectivity index (χ2n) is 5.56. The Labute approximate surface area is 132 Å². The molecule has 114 valence electrons. The van der Waals surface area contributed by atoms with Crippen LogP contribution in [-0.2, 0) is 0 Å². The molecule has 0 N–H and O–H groups in total. The molecule has 0 saturated heterocycles. The van der Waals surface area contributed by atoms with Gasteiger partial charge in [0.25, 0.3) is 0 Å². The number of rotatable bonds is 5. The van der Waals surface area contributed by atoms with E-state index in [1.807, 2.05) is 11.6 Å². The average molecular weight is 507 g/mol. The molecule has 0 rings (SSSR count). The Morgan fingerprint density at radius 1 is 0.944 bits per heavy atom. The molecule has 0 aromatic heterocycles. The van der Waals surface area contributed by atoms with Gasteiger partial charge in [0.05, 0.1) is 0 Å². The molecule has 0 aromatic carbocycles. The van der Waals surface area contributed by atoms with Crippen molar-refractivity contribution in [3.63, 3.8) is 0 Å². The summed E-state index contributed by atoms with van der Waals surface area (Å²) in [7, 11) is 26.2. The minimum absolute atomic E-state index is 0.768. The molecule has 0 spiro atoms.